The molecule has 0 bridgehead atoms. The van der Waals surface area contributed by atoms with Gasteiger partial charge in [0.15, 0.2) is 0 Å². The van der Waals surface area contributed by atoms with E-state index in [1.807, 2.05) is 37.4 Å². The van der Waals surface area contributed by atoms with Crippen molar-refractivity contribution in [1.82, 2.24) is 4.98 Å². The summed E-state index contributed by atoms with van der Waals surface area (Å²) in [5.41, 5.74) is 1.08. The van der Waals surface area contributed by atoms with Gasteiger partial charge >= 0.3 is 0 Å². The lowest BCUT2D eigenvalue weighted by Crippen LogP contribution is -1.92. The Morgan fingerprint density at radius 3 is 2.88 bits per heavy atom. The van der Waals surface area contributed by atoms with E-state index in [0.717, 1.165) is 21.2 Å². The number of ether oxygens (including phenoxy) is 1. The minimum Gasteiger partial charge on any atom is -0.493 e. The molecule has 4 heteroatoms. The van der Waals surface area contributed by atoms with E-state index < -0.39 is 0 Å². The first-order chi connectivity index (χ1) is 7.85. The molecule has 0 unspecified atom stereocenters. The summed E-state index contributed by atoms with van der Waals surface area (Å²) in [5.74, 6) is 1.36. The Morgan fingerprint density at radius 2 is 2.19 bits per heavy atom. The molecule has 0 fully saturated rings. The van der Waals surface area contributed by atoms with Gasteiger partial charge in [-0.2, -0.15) is 0 Å². The van der Waals surface area contributed by atoms with Gasteiger partial charge in [0.25, 0.3) is 0 Å². The number of nitrogens with zero attached hydrogens (tertiary/aromatic N) is 1. The average Bonchev–Trinajstić information content (AvgIpc) is 2.79. The first kappa shape index (κ1) is 11.4. The highest BCUT2D eigenvalue weighted by Gasteiger charge is 2.08. The molecule has 0 saturated carbocycles. The largest absolute Gasteiger partial charge is 0.493 e. The van der Waals surface area contributed by atoms with Crippen LogP contribution in [0.1, 0.15) is 11.9 Å². The zero-order chi connectivity index (χ0) is 11.4. The van der Waals surface area contributed by atoms with Crippen molar-refractivity contribution in [2.45, 2.75) is 12.8 Å². The van der Waals surface area contributed by atoms with Crippen molar-refractivity contribution in [2.75, 3.05) is 6.61 Å². The lowest BCUT2D eigenvalue weighted by atomic mass is 10.2. The number of hydrogen-bond donors (Lipinski definition) is 0. The predicted molar refractivity (Wildman–Crippen MR) is 68.3 cm³/mol. The lowest BCUT2D eigenvalue weighted by Gasteiger charge is -2.07. The summed E-state index contributed by atoms with van der Waals surface area (Å²) in [4.78, 5) is 5.34. The fraction of sp³-hybridized carbons (Fsp3) is 0.250. The Balaban J connectivity index is 2.38. The van der Waals surface area contributed by atoms with Crippen molar-refractivity contribution in [3.05, 3.63) is 35.5 Å². The summed E-state index contributed by atoms with van der Waals surface area (Å²) in [6.45, 7) is 2.64. The minimum atomic E-state index is 0.460. The van der Waals surface area contributed by atoms with E-state index in [2.05, 4.69) is 4.98 Å². The predicted octanol–water partition coefficient (Wildman–Crippen LogP) is 3.95. The van der Waals surface area contributed by atoms with Gasteiger partial charge in [0, 0.05) is 11.8 Å². The van der Waals surface area contributed by atoms with Gasteiger partial charge in [-0.1, -0.05) is 12.1 Å². The van der Waals surface area contributed by atoms with Gasteiger partial charge in [0.1, 0.15) is 10.8 Å². The minimum absolute atomic E-state index is 0.460. The third-order valence-electron chi connectivity index (χ3n) is 2.12. The van der Waals surface area contributed by atoms with Gasteiger partial charge in [-0.3, -0.25) is 0 Å². The van der Waals surface area contributed by atoms with Crippen LogP contribution in [0, 0.1) is 0 Å². The second-order valence-electron chi connectivity index (χ2n) is 3.18. The molecule has 1 heterocycles. The molecule has 0 saturated heterocycles. The summed E-state index contributed by atoms with van der Waals surface area (Å²) in [7, 11) is 0. The van der Waals surface area contributed by atoms with Gasteiger partial charge in [-0.05, 0) is 19.1 Å². The van der Waals surface area contributed by atoms with Crippen LogP contribution in [0.5, 0.6) is 5.75 Å². The smallest absolute Gasteiger partial charge is 0.127 e. The molecule has 84 valence electrons. The fourth-order valence-corrected chi connectivity index (χ4v) is 2.48. The molecule has 2 rings (SSSR count). The third kappa shape index (κ3) is 2.36. The van der Waals surface area contributed by atoms with Crippen LogP contribution >= 0.6 is 22.9 Å². The van der Waals surface area contributed by atoms with E-state index in [9.17, 15) is 0 Å². The van der Waals surface area contributed by atoms with Gasteiger partial charge in [0.2, 0.25) is 0 Å². The highest BCUT2D eigenvalue weighted by Crippen LogP contribution is 2.33. The Kier molecular flexibility index (Phi) is 3.80. The highest BCUT2D eigenvalue weighted by atomic mass is 35.5. The summed E-state index contributed by atoms with van der Waals surface area (Å²) < 4.78 is 5.58. The van der Waals surface area contributed by atoms with E-state index in [4.69, 9.17) is 16.3 Å². The van der Waals surface area contributed by atoms with Crippen LogP contribution in [0.2, 0.25) is 0 Å². The molecule has 1 aromatic heterocycles. The van der Waals surface area contributed by atoms with Crippen LogP contribution in [-0.4, -0.2) is 11.6 Å². The SMILES string of the molecule is CCOc1ccccc1-c1cnc(CCl)s1. The summed E-state index contributed by atoms with van der Waals surface area (Å²) >= 11 is 7.35. The fourth-order valence-electron chi connectivity index (χ4n) is 1.45. The number of rotatable bonds is 4. The molecule has 2 aromatic rings. The quantitative estimate of drug-likeness (QED) is 0.770. The maximum Gasteiger partial charge on any atom is 0.127 e. The molecule has 0 N–H and O–H groups in total. The van der Waals surface area contributed by atoms with Gasteiger partial charge < -0.3 is 4.74 Å². The van der Waals surface area contributed by atoms with Crippen molar-refractivity contribution in [3.8, 4) is 16.2 Å². The van der Waals surface area contributed by atoms with Crippen molar-refractivity contribution in [2.24, 2.45) is 0 Å². The van der Waals surface area contributed by atoms with E-state index in [1.54, 1.807) is 11.3 Å². The molecule has 0 aliphatic carbocycles. The zero-order valence-corrected chi connectivity index (χ0v) is 10.5. The molecule has 0 aliphatic heterocycles. The molecular weight excluding hydrogens is 242 g/mol. The number of para-hydroxylation sites is 1. The molecular formula is C12H12ClNOS. The molecule has 0 amide bonds. The molecule has 0 atom stereocenters. The molecule has 2 nitrogen and oxygen atoms in total. The number of aromatic nitrogens is 1. The molecule has 0 aliphatic rings. The van der Waals surface area contributed by atoms with Crippen LogP contribution in [0.25, 0.3) is 10.4 Å². The summed E-state index contributed by atoms with van der Waals surface area (Å²) in [5, 5.41) is 0.933. The van der Waals surface area contributed by atoms with E-state index in [-0.39, 0.29) is 0 Å². The van der Waals surface area contributed by atoms with Crippen LogP contribution in [-0.2, 0) is 5.88 Å². The van der Waals surface area contributed by atoms with Gasteiger partial charge in [0.05, 0.1) is 17.4 Å². The Hall–Kier alpha value is -1.06. The van der Waals surface area contributed by atoms with Crippen molar-refractivity contribution in [3.63, 3.8) is 0 Å². The van der Waals surface area contributed by atoms with Gasteiger partial charge in [-0.25, -0.2) is 4.98 Å². The first-order valence-corrected chi connectivity index (χ1v) is 6.43. The normalized spacial score (nSPS) is 10.4. The maximum absolute atomic E-state index is 5.75. The molecule has 0 spiro atoms. The van der Waals surface area contributed by atoms with E-state index >= 15 is 0 Å². The van der Waals surface area contributed by atoms with Gasteiger partial charge in [-0.15, -0.1) is 22.9 Å². The Morgan fingerprint density at radius 1 is 1.38 bits per heavy atom. The van der Waals surface area contributed by atoms with Crippen molar-refractivity contribution in [1.29, 1.82) is 0 Å². The first-order valence-electron chi connectivity index (χ1n) is 5.08. The van der Waals surface area contributed by atoms with Crippen molar-refractivity contribution >= 4 is 22.9 Å². The highest BCUT2D eigenvalue weighted by molar-refractivity contribution is 7.15. The maximum atomic E-state index is 5.75. The van der Waals surface area contributed by atoms with E-state index in [0.29, 0.717) is 12.5 Å². The number of alkyl halides is 1. The average molecular weight is 254 g/mol. The number of halogens is 1. The summed E-state index contributed by atoms with van der Waals surface area (Å²) in [6, 6.07) is 7.98. The van der Waals surface area contributed by atoms with Crippen LogP contribution in [0.3, 0.4) is 0 Å². The topological polar surface area (TPSA) is 22.1 Å². The third-order valence-corrected chi connectivity index (χ3v) is 3.56. The lowest BCUT2D eigenvalue weighted by molar-refractivity contribution is 0.341. The Bertz CT molecular complexity index is 470. The molecule has 0 radical (unpaired) electrons. The number of benzene rings is 1. The zero-order valence-electron chi connectivity index (χ0n) is 8.94. The second-order valence-corrected chi connectivity index (χ2v) is 4.56. The second kappa shape index (κ2) is 5.32. The number of thiazole rings is 1. The Labute approximate surface area is 104 Å². The van der Waals surface area contributed by atoms with E-state index in [1.165, 1.54) is 0 Å². The standard InChI is InChI=1S/C12H12ClNOS/c1-2-15-10-6-4-3-5-9(10)11-8-14-12(7-13)16-11/h3-6,8H,2,7H2,1H3. The monoisotopic (exact) mass is 253 g/mol. The number of hydrogen-bond acceptors (Lipinski definition) is 3. The summed E-state index contributed by atoms with van der Waals surface area (Å²) in [6.07, 6.45) is 1.85. The molecule has 16 heavy (non-hydrogen) atoms. The molecule has 1 aromatic carbocycles. The van der Waals surface area contributed by atoms with Crippen LogP contribution in [0.15, 0.2) is 30.5 Å². The van der Waals surface area contributed by atoms with Crippen LogP contribution in [0.4, 0.5) is 0 Å². The van der Waals surface area contributed by atoms with Crippen molar-refractivity contribution < 1.29 is 4.74 Å². The van der Waals surface area contributed by atoms with Crippen LogP contribution < -0.4 is 4.74 Å².